The number of hydrogen-bond acceptors (Lipinski definition) is 7. The van der Waals surface area contributed by atoms with Crippen molar-refractivity contribution in [2.45, 2.75) is 18.9 Å². The van der Waals surface area contributed by atoms with Gasteiger partial charge in [0.05, 0.1) is 18.2 Å². The fourth-order valence-corrected chi connectivity index (χ4v) is 2.70. The van der Waals surface area contributed by atoms with E-state index in [-0.39, 0.29) is 6.04 Å². The topological polar surface area (TPSA) is 76.3 Å². The molecule has 3 rings (SSSR count). The predicted octanol–water partition coefficient (Wildman–Crippen LogP) is 1.96. The average Bonchev–Trinajstić information content (AvgIpc) is 3.16. The van der Waals surface area contributed by atoms with Gasteiger partial charge in [-0.2, -0.15) is 4.98 Å². The van der Waals surface area contributed by atoms with E-state index in [9.17, 15) is 0 Å². The van der Waals surface area contributed by atoms with E-state index in [1.165, 1.54) is 0 Å². The van der Waals surface area contributed by atoms with Crippen molar-refractivity contribution >= 4 is 5.82 Å². The number of anilines is 1. The van der Waals surface area contributed by atoms with E-state index >= 15 is 0 Å². The number of pyridine rings is 1. The zero-order valence-electron chi connectivity index (χ0n) is 13.0. The second kappa shape index (κ2) is 6.85. The van der Waals surface area contributed by atoms with Gasteiger partial charge >= 0.3 is 0 Å². The van der Waals surface area contributed by atoms with Crippen LogP contribution in [0.4, 0.5) is 5.82 Å². The number of ether oxygens (including phenoxy) is 1. The molecule has 0 spiro atoms. The summed E-state index contributed by atoms with van der Waals surface area (Å²) in [6.45, 7) is 2.36. The molecule has 1 aliphatic heterocycles. The summed E-state index contributed by atoms with van der Waals surface area (Å²) < 4.78 is 10.5. The Kier molecular flexibility index (Phi) is 4.65. The van der Waals surface area contributed by atoms with Crippen LogP contribution in [-0.4, -0.2) is 53.9 Å². The van der Waals surface area contributed by atoms with Crippen LogP contribution in [-0.2, 0) is 4.74 Å². The van der Waals surface area contributed by atoms with E-state index in [4.69, 9.17) is 9.26 Å². The average molecular weight is 303 g/mol. The van der Waals surface area contributed by atoms with E-state index < -0.39 is 0 Å². The van der Waals surface area contributed by atoms with Gasteiger partial charge in [0.1, 0.15) is 5.82 Å². The van der Waals surface area contributed by atoms with Crippen LogP contribution in [0.3, 0.4) is 0 Å². The summed E-state index contributed by atoms with van der Waals surface area (Å²) in [5, 5.41) is 7.36. The van der Waals surface area contributed by atoms with Gasteiger partial charge in [0.25, 0.3) is 0 Å². The molecule has 0 amide bonds. The second-order valence-corrected chi connectivity index (χ2v) is 5.41. The number of hydrogen-bond donors (Lipinski definition) is 1. The van der Waals surface area contributed by atoms with Crippen molar-refractivity contribution in [2.75, 3.05) is 39.2 Å². The van der Waals surface area contributed by atoms with Crippen LogP contribution in [0, 0.1) is 0 Å². The van der Waals surface area contributed by atoms with Crippen LogP contribution in [0.25, 0.3) is 11.4 Å². The summed E-state index contributed by atoms with van der Waals surface area (Å²) in [6.07, 6.45) is 3.96. The summed E-state index contributed by atoms with van der Waals surface area (Å²) in [5.41, 5.74) is 0.842. The standard InChI is InChI=1S/C15H21N5O2/c1-20-9-4-6-12(20)15-18-14(19-22-15)11-5-3-7-16-13(11)17-8-10-21-2/h3,5,7,12H,4,6,8-10H2,1-2H3,(H,16,17)/t12-/m0/s1. The molecule has 7 heteroatoms. The Balaban J connectivity index is 1.81. The minimum absolute atomic E-state index is 0.225. The molecule has 118 valence electrons. The molecular formula is C15H21N5O2. The Labute approximate surface area is 129 Å². The van der Waals surface area contributed by atoms with Gasteiger partial charge in [-0.25, -0.2) is 4.98 Å². The highest BCUT2D eigenvalue weighted by molar-refractivity contribution is 5.69. The summed E-state index contributed by atoms with van der Waals surface area (Å²) in [7, 11) is 3.76. The third-order valence-corrected chi connectivity index (χ3v) is 3.89. The van der Waals surface area contributed by atoms with Crippen LogP contribution < -0.4 is 5.32 Å². The minimum Gasteiger partial charge on any atom is -0.383 e. The highest BCUT2D eigenvalue weighted by atomic mass is 16.5. The SMILES string of the molecule is COCCNc1ncccc1-c1noc([C@@H]2CCCN2C)n1. The summed E-state index contributed by atoms with van der Waals surface area (Å²) in [5.74, 6) is 2.00. The van der Waals surface area contributed by atoms with Crippen molar-refractivity contribution in [2.24, 2.45) is 0 Å². The molecule has 1 atom stereocenters. The molecule has 0 unspecified atom stereocenters. The van der Waals surface area contributed by atoms with Gasteiger partial charge < -0.3 is 14.6 Å². The quantitative estimate of drug-likeness (QED) is 0.817. The van der Waals surface area contributed by atoms with E-state index in [1.54, 1.807) is 13.3 Å². The van der Waals surface area contributed by atoms with Gasteiger partial charge in [0.15, 0.2) is 0 Å². The highest BCUT2D eigenvalue weighted by Gasteiger charge is 2.28. The fourth-order valence-electron chi connectivity index (χ4n) is 2.70. The first-order valence-electron chi connectivity index (χ1n) is 7.51. The molecule has 0 saturated carbocycles. The number of methoxy groups -OCH3 is 1. The van der Waals surface area contributed by atoms with E-state index in [0.717, 1.165) is 30.8 Å². The number of nitrogens with zero attached hydrogens (tertiary/aromatic N) is 4. The minimum atomic E-state index is 0.225. The monoisotopic (exact) mass is 303 g/mol. The first-order chi connectivity index (χ1) is 10.8. The first kappa shape index (κ1) is 14.9. The zero-order chi connectivity index (χ0) is 15.4. The molecule has 1 fully saturated rings. The van der Waals surface area contributed by atoms with Crippen LogP contribution in [0.5, 0.6) is 0 Å². The molecule has 7 nitrogen and oxygen atoms in total. The van der Waals surface area contributed by atoms with Crippen LogP contribution in [0.1, 0.15) is 24.8 Å². The lowest BCUT2D eigenvalue weighted by atomic mass is 10.2. The van der Waals surface area contributed by atoms with Crippen molar-refractivity contribution in [1.82, 2.24) is 20.0 Å². The Morgan fingerprint density at radius 3 is 3.18 bits per heavy atom. The fraction of sp³-hybridized carbons (Fsp3) is 0.533. The molecule has 3 heterocycles. The number of rotatable bonds is 6. The summed E-state index contributed by atoms with van der Waals surface area (Å²) in [6, 6.07) is 4.03. The van der Waals surface area contributed by atoms with Crippen molar-refractivity contribution < 1.29 is 9.26 Å². The molecule has 1 N–H and O–H groups in total. The number of nitrogens with one attached hydrogen (secondary N) is 1. The van der Waals surface area contributed by atoms with Gasteiger partial charge in [-0.3, -0.25) is 4.90 Å². The third kappa shape index (κ3) is 3.10. The van der Waals surface area contributed by atoms with Crippen LogP contribution in [0.2, 0.25) is 0 Å². The molecule has 0 aromatic carbocycles. The van der Waals surface area contributed by atoms with Gasteiger partial charge in [0, 0.05) is 19.9 Å². The molecule has 2 aromatic heterocycles. The van der Waals surface area contributed by atoms with E-state index in [2.05, 4.69) is 32.4 Å². The maximum Gasteiger partial charge on any atom is 0.244 e. The Morgan fingerprint density at radius 1 is 1.50 bits per heavy atom. The van der Waals surface area contributed by atoms with Crippen LogP contribution in [0.15, 0.2) is 22.9 Å². The predicted molar refractivity (Wildman–Crippen MR) is 82.5 cm³/mol. The van der Waals surface area contributed by atoms with Crippen molar-refractivity contribution in [1.29, 1.82) is 0 Å². The van der Waals surface area contributed by atoms with Gasteiger partial charge in [-0.15, -0.1) is 0 Å². The van der Waals surface area contributed by atoms with Gasteiger partial charge in [-0.1, -0.05) is 5.16 Å². The normalized spacial score (nSPS) is 18.7. The summed E-state index contributed by atoms with van der Waals surface area (Å²) >= 11 is 0. The molecule has 2 aromatic rings. The van der Waals surface area contributed by atoms with Crippen molar-refractivity contribution in [3.63, 3.8) is 0 Å². The van der Waals surface area contributed by atoms with E-state index in [1.807, 2.05) is 12.1 Å². The lowest BCUT2D eigenvalue weighted by Gasteiger charge is -2.14. The smallest absolute Gasteiger partial charge is 0.244 e. The Hall–Kier alpha value is -1.99. The number of aromatic nitrogens is 3. The third-order valence-electron chi connectivity index (χ3n) is 3.89. The molecule has 0 radical (unpaired) electrons. The molecule has 0 aliphatic carbocycles. The lowest BCUT2D eigenvalue weighted by molar-refractivity contribution is 0.210. The Bertz CT molecular complexity index is 615. The Morgan fingerprint density at radius 2 is 2.41 bits per heavy atom. The molecule has 1 saturated heterocycles. The number of likely N-dealkylation sites (tertiary alicyclic amines) is 1. The summed E-state index contributed by atoms with van der Waals surface area (Å²) in [4.78, 5) is 11.2. The lowest BCUT2D eigenvalue weighted by Crippen LogP contribution is -2.17. The largest absolute Gasteiger partial charge is 0.383 e. The molecule has 22 heavy (non-hydrogen) atoms. The zero-order valence-corrected chi connectivity index (χ0v) is 13.0. The maximum absolute atomic E-state index is 5.47. The molecule has 1 aliphatic rings. The highest BCUT2D eigenvalue weighted by Crippen LogP contribution is 2.31. The maximum atomic E-state index is 5.47. The first-order valence-corrected chi connectivity index (χ1v) is 7.51. The molecule has 0 bridgehead atoms. The van der Waals surface area contributed by atoms with Gasteiger partial charge in [-0.05, 0) is 38.6 Å². The van der Waals surface area contributed by atoms with Crippen molar-refractivity contribution in [3.05, 3.63) is 24.2 Å². The van der Waals surface area contributed by atoms with Gasteiger partial charge in [0.2, 0.25) is 11.7 Å². The van der Waals surface area contributed by atoms with E-state index in [0.29, 0.717) is 24.9 Å². The van der Waals surface area contributed by atoms with Crippen molar-refractivity contribution in [3.8, 4) is 11.4 Å². The van der Waals surface area contributed by atoms with Crippen LogP contribution >= 0.6 is 0 Å². The molecular weight excluding hydrogens is 282 g/mol. The second-order valence-electron chi connectivity index (χ2n) is 5.41.